The van der Waals surface area contributed by atoms with Crippen LogP contribution in [0.1, 0.15) is 45.6 Å². The SMILES string of the molecule is CC(C)N1CC(CC(C)(C)C(=O)O)c2ccccc21. The normalized spacial score (nSPS) is 18.8. The Bertz CT molecular complexity index is 479. The summed E-state index contributed by atoms with van der Waals surface area (Å²) in [6.45, 7) is 8.92. The van der Waals surface area contributed by atoms with Crippen LogP contribution in [0, 0.1) is 5.41 Å². The summed E-state index contributed by atoms with van der Waals surface area (Å²) in [5.74, 6) is -0.405. The molecule has 1 aromatic rings. The molecule has 104 valence electrons. The maximum Gasteiger partial charge on any atom is 0.309 e. The lowest BCUT2D eigenvalue weighted by Gasteiger charge is -2.26. The number of para-hydroxylation sites is 1. The van der Waals surface area contributed by atoms with Gasteiger partial charge in [0.2, 0.25) is 0 Å². The van der Waals surface area contributed by atoms with Crippen LogP contribution in [-0.4, -0.2) is 23.7 Å². The fraction of sp³-hybridized carbons (Fsp3) is 0.562. The van der Waals surface area contributed by atoms with E-state index in [1.807, 2.05) is 19.9 Å². The van der Waals surface area contributed by atoms with Gasteiger partial charge in [-0.1, -0.05) is 18.2 Å². The van der Waals surface area contributed by atoms with Crippen LogP contribution in [0.5, 0.6) is 0 Å². The number of carboxylic acid groups (broad SMARTS) is 1. The summed E-state index contributed by atoms with van der Waals surface area (Å²) in [6.07, 6.45) is 0.683. The quantitative estimate of drug-likeness (QED) is 0.901. The van der Waals surface area contributed by atoms with Crippen LogP contribution in [-0.2, 0) is 4.79 Å². The first-order chi connectivity index (χ1) is 8.83. The molecule has 0 saturated carbocycles. The van der Waals surface area contributed by atoms with E-state index >= 15 is 0 Å². The lowest BCUT2D eigenvalue weighted by Crippen LogP contribution is -2.32. The predicted octanol–water partition coefficient (Wildman–Crippen LogP) is 3.50. The molecule has 1 aromatic carbocycles. The largest absolute Gasteiger partial charge is 0.481 e. The summed E-state index contributed by atoms with van der Waals surface area (Å²) < 4.78 is 0. The zero-order chi connectivity index (χ0) is 14.2. The molecule has 1 N–H and O–H groups in total. The standard InChI is InChI=1S/C16H23NO2/c1-11(2)17-10-12(9-16(3,4)15(18)19)13-7-5-6-8-14(13)17/h5-8,11-12H,9-10H2,1-4H3,(H,18,19). The number of carboxylic acids is 1. The molecule has 1 aliphatic heterocycles. The highest BCUT2D eigenvalue weighted by Crippen LogP contribution is 2.42. The summed E-state index contributed by atoms with van der Waals surface area (Å²) >= 11 is 0. The van der Waals surface area contributed by atoms with Crippen LogP contribution in [0.25, 0.3) is 0 Å². The number of hydrogen-bond donors (Lipinski definition) is 1. The smallest absolute Gasteiger partial charge is 0.309 e. The van der Waals surface area contributed by atoms with E-state index in [0.717, 1.165) is 6.54 Å². The average molecular weight is 261 g/mol. The second-order valence-corrected chi connectivity index (χ2v) is 6.40. The molecular formula is C16H23NO2. The molecule has 0 aliphatic carbocycles. The summed E-state index contributed by atoms with van der Waals surface area (Å²) in [5, 5.41) is 9.31. The van der Waals surface area contributed by atoms with E-state index in [4.69, 9.17) is 0 Å². The molecule has 1 aliphatic rings. The van der Waals surface area contributed by atoms with Crippen molar-refractivity contribution in [2.75, 3.05) is 11.4 Å². The average Bonchev–Trinajstić information content (AvgIpc) is 2.68. The van der Waals surface area contributed by atoms with E-state index in [1.54, 1.807) is 0 Å². The van der Waals surface area contributed by atoms with E-state index in [9.17, 15) is 9.90 Å². The Morgan fingerprint density at radius 2 is 2.05 bits per heavy atom. The molecule has 1 atom stereocenters. The number of fused-ring (bicyclic) bond motifs is 1. The number of anilines is 1. The molecule has 0 bridgehead atoms. The zero-order valence-electron chi connectivity index (χ0n) is 12.2. The van der Waals surface area contributed by atoms with Gasteiger partial charge >= 0.3 is 5.97 Å². The Labute approximate surface area is 115 Å². The van der Waals surface area contributed by atoms with Gasteiger partial charge in [-0.3, -0.25) is 4.79 Å². The summed E-state index contributed by atoms with van der Waals surface area (Å²) in [7, 11) is 0. The maximum atomic E-state index is 11.3. The van der Waals surface area contributed by atoms with Crippen LogP contribution in [0.3, 0.4) is 0 Å². The van der Waals surface area contributed by atoms with Crippen molar-refractivity contribution in [3.63, 3.8) is 0 Å². The lowest BCUT2D eigenvalue weighted by atomic mass is 9.81. The van der Waals surface area contributed by atoms with E-state index in [-0.39, 0.29) is 0 Å². The van der Waals surface area contributed by atoms with Gasteiger partial charge in [-0.15, -0.1) is 0 Å². The van der Waals surface area contributed by atoms with Crippen LogP contribution in [0.2, 0.25) is 0 Å². The minimum atomic E-state index is -0.715. The summed E-state index contributed by atoms with van der Waals surface area (Å²) in [5.41, 5.74) is 1.89. The Morgan fingerprint density at radius 1 is 1.42 bits per heavy atom. The highest BCUT2D eigenvalue weighted by atomic mass is 16.4. The van der Waals surface area contributed by atoms with Gasteiger partial charge in [0.05, 0.1) is 5.41 Å². The highest BCUT2D eigenvalue weighted by Gasteiger charge is 2.37. The Balaban J connectivity index is 2.28. The summed E-state index contributed by atoms with van der Waals surface area (Å²) in [4.78, 5) is 13.7. The minimum absolute atomic E-state index is 0.310. The third kappa shape index (κ3) is 2.60. The third-order valence-corrected chi connectivity index (χ3v) is 4.06. The molecule has 1 unspecified atom stereocenters. The molecule has 3 heteroatoms. The van der Waals surface area contributed by atoms with E-state index < -0.39 is 11.4 Å². The van der Waals surface area contributed by atoms with Crippen molar-refractivity contribution in [1.82, 2.24) is 0 Å². The van der Waals surface area contributed by atoms with Gasteiger partial charge in [-0.05, 0) is 45.7 Å². The molecule has 0 aromatic heterocycles. The first kappa shape index (κ1) is 13.9. The number of hydrogen-bond acceptors (Lipinski definition) is 2. The third-order valence-electron chi connectivity index (χ3n) is 4.06. The van der Waals surface area contributed by atoms with Crippen molar-refractivity contribution >= 4 is 11.7 Å². The van der Waals surface area contributed by atoms with Crippen molar-refractivity contribution < 1.29 is 9.90 Å². The van der Waals surface area contributed by atoms with E-state index in [2.05, 4.69) is 36.9 Å². The lowest BCUT2D eigenvalue weighted by molar-refractivity contribution is -0.147. The molecule has 0 radical (unpaired) electrons. The Kier molecular flexibility index (Phi) is 3.57. The van der Waals surface area contributed by atoms with Gasteiger partial charge in [-0.2, -0.15) is 0 Å². The molecule has 19 heavy (non-hydrogen) atoms. The molecule has 1 heterocycles. The number of carbonyl (C=O) groups is 1. The Morgan fingerprint density at radius 3 is 2.63 bits per heavy atom. The molecule has 2 rings (SSSR count). The van der Waals surface area contributed by atoms with Crippen LogP contribution < -0.4 is 4.90 Å². The van der Waals surface area contributed by atoms with Crippen molar-refractivity contribution in [1.29, 1.82) is 0 Å². The first-order valence-electron chi connectivity index (χ1n) is 6.92. The maximum absolute atomic E-state index is 11.3. The molecule has 0 amide bonds. The second-order valence-electron chi connectivity index (χ2n) is 6.40. The van der Waals surface area contributed by atoms with Gasteiger partial charge < -0.3 is 10.0 Å². The van der Waals surface area contributed by atoms with Crippen molar-refractivity contribution in [2.24, 2.45) is 5.41 Å². The van der Waals surface area contributed by atoms with Crippen LogP contribution >= 0.6 is 0 Å². The monoisotopic (exact) mass is 261 g/mol. The highest BCUT2D eigenvalue weighted by molar-refractivity contribution is 5.74. The fourth-order valence-electron chi connectivity index (χ4n) is 2.90. The van der Waals surface area contributed by atoms with Crippen LogP contribution in [0.4, 0.5) is 5.69 Å². The molecule has 3 nitrogen and oxygen atoms in total. The van der Waals surface area contributed by atoms with Crippen molar-refractivity contribution in [3.05, 3.63) is 29.8 Å². The topological polar surface area (TPSA) is 40.5 Å². The molecule has 0 spiro atoms. The molecule has 0 fully saturated rings. The number of nitrogens with zero attached hydrogens (tertiary/aromatic N) is 1. The van der Waals surface area contributed by atoms with Crippen molar-refractivity contribution in [3.8, 4) is 0 Å². The van der Waals surface area contributed by atoms with Crippen LogP contribution in [0.15, 0.2) is 24.3 Å². The van der Waals surface area contributed by atoms with Gasteiger partial charge in [0, 0.05) is 24.2 Å². The van der Waals surface area contributed by atoms with E-state index in [0.29, 0.717) is 18.4 Å². The summed E-state index contributed by atoms with van der Waals surface area (Å²) in [6, 6.07) is 8.82. The predicted molar refractivity (Wildman–Crippen MR) is 77.7 cm³/mol. The van der Waals surface area contributed by atoms with Gasteiger partial charge in [0.25, 0.3) is 0 Å². The molecular weight excluding hydrogens is 238 g/mol. The fourth-order valence-corrected chi connectivity index (χ4v) is 2.90. The minimum Gasteiger partial charge on any atom is -0.481 e. The number of benzene rings is 1. The number of aliphatic carboxylic acids is 1. The van der Waals surface area contributed by atoms with Gasteiger partial charge in [-0.25, -0.2) is 0 Å². The second kappa shape index (κ2) is 4.87. The van der Waals surface area contributed by atoms with E-state index in [1.165, 1.54) is 11.3 Å². The first-order valence-corrected chi connectivity index (χ1v) is 6.92. The molecule has 0 saturated heterocycles. The van der Waals surface area contributed by atoms with Gasteiger partial charge in [0.1, 0.15) is 0 Å². The van der Waals surface area contributed by atoms with Gasteiger partial charge in [0.15, 0.2) is 0 Å². The zero-order valence-corrected chi connectivity index (χ0v) is 12.2. The number of rotatable bonds is 4. The Hall–Kier alpha value is -1.51. The van der Waals surface area contributed by atoms with Crippen molar-refractivity contribution in [2.45, 2.75) is 46.1 Å².